The highest BCUT2D eigenvalue weighted by Gasteiger charge is 2.44. The molecule has 5 N–H and O–H groups in total. The van der Waals surface area contributed by atoms with Crippen LogP contribution in [-0.4, -0.2) is 70.0 Å². The number of likely N-dealkylation sites (tertiary alicyclic amines) is 1. The van der Waals surface area contributed by atoms with Crippen LogP contribution < -0.4 is 21.1 Å². The molecule has 288 valence electrons. The van der Waals surface area contributed by atoms with E-state index < -0.39 is 29.5 Å². The highest BCUT2D eigenvalue weighted by molar-refractivity contribution is 7.13. The number of amides is 4. The quantitative estimate of drug-likeness (QED) is 0.138. The van der Waals surface area contributed by atoms with Crippen LogP contribution in [0.4, 0.5) is 0 Å². The lowest BCUT2D eigenvalue weighted by atomic mass is 9.85. The van der Waals surface area contributed by atoms with E-state index in [9.17, 15) is 24.3 Å². The minimum atomic E-state index is -0.921. The van der Waals surface area contributed by atoms with E-state index in [-0.39, 0.29) is 49.1 Å². The van der Waals surface area contributed by atoms with Crippen molar-refractivity contribution in [2.45, 2.75) is 111 Å². The third-order valence-electron chi connectivity index (χ3n) is 9.58. The number of carbonyl (C=O) groups excluding carboxylic acids is 4. The predicted molar refractivity (Wildman–Crippen MR) is 209 cm³/mol. The summed E-state index contributed by atoms with van der Waals surface area (Å²) in [5.74, 6) is -0.743. The summed E-state index contributed by atoms with van der Waals surface area (Å²) in [6.45, 7) is 13.7. The van der Waals surface area contributed by atoms with Crippen LogP contribution in [0, 0.1) is 25.2 Å². The number of β-amino-alcohol motifs (C(OH)–C–C–N with tert-alkyl or cyclic N) is 1. The van der Waals surface area contributed by atoms with Crippen LogP contribution in [0.15, 0.2) is 41.9 Å². The van der Waals surface area contributed by atoms with E-state index in [1.54, 1.807) is 11.3 Å². The minimum Gasteiger partial charge on any atom is -0.492 e. The van der Waals surface area contributed by atoms with E-state index in [2.05, 4.69) is 15.6 Å². The maximum atomic E-state index is 14.1. The van der Waals surface area contributed by atoms with Crippen molar-refractivity contribution >= 4 is 46.6 Å². The molecule has 0 unspecified atom stereocenters. The fourth-order valence-corrected chi connectivity index (χ4v) is 7.56. The van der Waals surface area contributed by atoms with Crippen LogP contribution in [0.3, 0.4) is 0 Å². The van der Waals surface area contributed by atoms with E-state index in [0.717, 1.165) is 32.8 Å². The molecule has 1 aromatic heterocycles. The van der Waals surface area contributed by atoms with Crippen LogP contribution >= 0.6 is 22.9 Å². The highest BCUT2D eigenvalue weighted by atomic mass is 35.5. The Hall–Kier alpha value is -4.00. The molecule has 1 saturated heterocycles. The summed E-state index contributed by atoms with van der Waals surface area (Å²) in [6.07, 6.45) is 1.29. The second kappa shape index (κ2) is 18.4. The van der Waals surface area contributed by atoms with Crippen molar-refractivity contribution in [2.75, 3.05) is 13.2 Å². The summed E-state index contributed by atoms with van der Waals surface area (Å²) in [6, 6.07) is 9.63. The van der Waals surface area contributed by atoms with E-state index >= 15 is 0 Å². The molecule has 5 atom stereocenters. The molecule has 0 radical (unpaired) electrons. The maximum Gasteiger partial charge on any atom is 0.246 e. The molecule has 13 heteroatoms. The summed E-state index contributed by atoms with van der Waals surface area (Å²) in [7, 11) is 0. The van der Waals surface area contributed by atoms with Crippen molar-refractivity contribution in [3.8, 4) is 16.2 Å². The summed E-state index contributed by atoms with van der Waals surface area (Å²) in [5.41, 5.74) is 11.1. The molecule has 2 aromatic carbocycles. The molecule has 11 nitrogen and oxygen atoms in total. The lowest BCUT2D eigenvalue weighted by molar-refractivity contribution is -0.144. The van der Waals surface area contributed by atoms with Gasteiger partial charge in [0.2, 0.25) is 23.6 Å². The van der Waals surface area contributed by atoms with Gasteiger partial charge in [0.25, 0.3) is 0 Å². The van der Waals surface area contributed by atoms with Gasteiger partial charge in [-0.05, 0) is 79.7 Å². The molecule has 0 saturated carbocycles. The molecule has 0 spiro atoms. The van der Waals surface area contributed by atoms with E-state index in [1.807, 2.05) is 90.4 Å². The Morgan fingerprint density at radius 3 is 2.42 bits per heavy atom. The molecule has 53 heavy (non-hydrogen) atoms. The number of primary amides is 1. The zero-order valence-corrected chi connectivity index (χ0v) is 33.4. The number of thiazole rings is 1. The fraction of sp³-hybridized carbons (Fsp3) is 0.525. The second-order valence-corrected chi connectivity index (χ2v) is 16.6. The van der Waals surface area contributed by atoms with Crippen LogP contribution in [0.25, 0.3) is 10.4 Å². The number of hydrogen-bond acceptors (Lipinski definition) is 8. The summed E-state index contributed by atoms with van der Waals surface area (Å²) >= 11 is 8.28. The Morgan fingerprint density at radius 2 is 1.79 bits per heavy atom. The van der Waals surface area contributed by atoms with Crippen LogP contribution in [0.2, 0.25) is 5.02 Å². The van der Waals surface area contributed by atoms with Crippen LogP contribution in [0.5, 0.6) is 5.75 Å². The Morgan fingerprint density at radius 1 is 1.09 bits per heavy atom. The number of benzene rings is 2. The standard InChI is InChI=1S/C40H54ClN5O6S/c1-23(11-16-33(42)48)21-52-32-18-24(2)17-29(35(32)41)9-8-10-34(49)45-37(40(5,6)7)39(51)46-20-30(47)19-31(46)38(50)44-25(3)27-12-14-28(15-13-27)36-26(4)43-22-53-36/h12-15,17-18,22-23,25,30-31,37,47H,8-11,16,19-21H2,1-7H3,(H2,42,48)(H,44,50)(H,45,49)/t23-,25-,30+,31-,37+/m0/s1. The number of aromatic nitrogens is 1. The molecule has 1 fully saturated rings. The number of halogens is 1. The van der Waals surface area contributed by atoms with E-state index in [4.69, 9.17) is 22.1 Å². The average Bonchev–Trinajstić information content (AvgIpc) is 3.71. The van der Waals surface area contributed by atoms with E-state index in [1.165, 1.54) is 4.90 Å². The minimum absolute atomic E-state index is 0.00314. The van der Waals surface area contributed by atoms with Gasteiger partial charge in [0.1, 0.15) is 17.8 Å². The van der Waals surface area contributed by atoms with E-state index in [0.29, 0.717) is 43.1 Å². The van der Waals surface area contributed by atoms with Gasteiger partial charge in [-0.1, -0.05) is 69.6 Å². The molecule has 0 bridgehead atoms. The van der Waals surface area contributed by atoms with Crippen LogP contribution in [-0.2, 0) is 25.6 Å². The smallest absolute Gasteiger partial charge is 0.246 e. The van der Waals surface area contributed by atoms with Gasteiger partial charge in [0.15, 0.2) is 0 Å². The van der Waals surface area contributed by atoms with Crippen molar-refractivity contribution in [1.29, 1.82) is 0 Å². The largest absolute Gasteiger partial charge is 0.492 e. The Kier molecular flexibility index (Phi) is 14.5. The Balaban J connectivity index is 1.35. The van der Waals surface area contributed by atoms with Gasteiger partial charge in [-0.3, -0.25) is 19.2 Å². The first-order valence-electron chi connectivity index (χ1n) is 18.2. The number of aryl methyl sites for hydroxylation is 3. The molecule has 4 rings (SSSR count). The Bertz CT molecular complexity index is 1760. The van der Waals surface area contributed by atoms with Gasteiger partial charge in [-0.25, -0.2) is 4.98 Å². The molecular formula is C40H54ClN5O6S. The number of nitrogens with zero attached hydrogens (tertiary/aromatic N) is 2. The normalized spacial score (nSPS) is 17.6. The molecule has 1 aliphatic heterocycles. The third-order valence-corrected chi connectivity index (χ3v) is 11.0. The van der Waals surface area contributed by atoms with Gasteiger partial charge < -0.3 is 31.1 Å². The number of hydrogen-bond donors (Lipinski definition) is 4. The van der Waals surface area contributed by atoms with Crippen LogP contribution in [0.1, 0.15) is 95.1 Å². The molecule has 0 aliphatic carbocycles. The predicted octanol–water partition coefficient (Wildman–Crippen LogP) is 6.05. The fourth-order valence-electron chi connectivity index (χ4n) is 6.49. The zero-order chi connectivity index (χ0) is 39.0. The number of carbonyl (C=O) groups is 4. The summed E-state index contributed by atoms with van der Waals surface area (Å²) in [4.78, 5) is 59.0. The zero-order valence-electron chi connectivity index (χ0n) is 31.8. The van der Waals surface area contributed by atoms with Crippen molar-refractivity contribution in [1.82, 2.24) is 20.5 Å². The lowest BCUT2D eigenvalue weighted by Crippen LogP contribution is -2.57. The molecule has 4 amide bonds. The number of aliphatic hydroxyl groups excluding tert-OH is 1. The first kappa shape index (κ1) is 41.8. The van der Waals surface area contributed by atoms with Gasteiger partial charge >= 0.3 is 0 Å². The van der Waals surface area contributed by atoms with Gasteiger partial charge in [0, 0.05) is 25.8 Å². The average molecular weight is 768 g/mol. The lowest BCUT2D eigenvalue weighted by Gasteiger charge is -2.35. The molecule has 1 aliphatic rings. The monoisotopic (exact) mass is 767 g/mol. The number of ether oxygens (including phenoxy) is 1. The first-order chi connectivity index (χ1) is 24.9. The SMILES string of the molecule is Cc1cc(CCCC(=O)N[C@H](C(=O)N2C[C@H](O)C[C@H]2C(=O)N[C@@H](C)c2ccc(-c3scnc3C)cc2)C(C)(C)C)c(Cl)c(OC[C@@H](C)CCC(N)=O)c1. The summed E-state index contributed by atoms with van der Waals surface area (Å²) in [5, 5.41) is 17.1. The maximum absolute atomic E-state index is 14.1. The molecule has 3 aromatic rings. The highest BCUT2D eigenvalue weighted by Crippen LogP contribution is 2.33. The Labute approximate surface area is 322 Å². The third kappa shape index (κ3) is 11.5. The van der Waals surface area contributed by atoms with Crippen molar-refractivity contribution in [3.05, 3.63) is 69.3 Å². The topological polar surface area (TPSA) is 164 Å². The van der Waals surface area contributed by atoms with Gasteiger partial charge in [-0.15, -0.1) is 11.3 Å². The first-order valence-corrected chi connectivity index (χ1v) is 19.5. The van der Waals surface area contributed by atoms with Crippen molar-refractivity contribution < 1.29 is 29.0 Å². The van der Waals surface area contributed by atoms with Crippen molar-refractivity contribution in [2.24, 2.45) is 17.1 Å². The van der Waals surface area contributed by atoms with Gasteiger partial charge in [-0.2, -0.15) is 0 Å². The molecule has 2 heterocycles. The molecular weight excluding hydrogens is 714 g/mol. The number of aliphatic hydroxyl groups is 1. The van der Waals surface area contributed by atoms with Gasteiger partial charge in [0.05, 0.1) is 39.9 Å². The number of nitrogens with one attached hydrogen (secondary N) is 2. The number of rotatable bonds is 16. The summed E-state index contributed by atoms with van der Waals surface area (Å²) < 4.78 is 5.99. The van der Waals surface area contributed by atoms with Crippen molar-refractivity contribution in [3.63, 3.8) is 0 Å². The second-order valence-electron chi connectivity index (χ2n) is 15.4. The number of nitrogens with two attached hydrogens (primary N) is 1.